The fourth-order valence-corrected chi connectivity index (χ4v) is 2.53. The maximum atomic E-state index is 10.6. The quantitative estimate of drug-likeness (QED) is 0.640. The van der Waals surface area contributed by atoms with E-state index in [2.05, 4.69) is 4.99 Å². The van der Waals surface area contributed by atoms with Crippen molar-refractivity contribution < 1.29 is 19.4 Å². The summed E-state index contributed by atoms with van der Waals surface area (Å²) in [6, 6.07) is 3.13. The number of isocyanates is 1. The Kier molecular flexibility index (Phi) is 2.49. The van der Waals surface area contributed by atoms with E-state index in [1.807, 2.05) is 0 Å². The van der Waals surface area contributed by atoms with Crippen molar-refractivity contribution in [3.8, 4) is 17.2 Å². The molecule has 2 aliphatic rings. The molecule has 5 nitrogen and oxygen atoms in total. The minimum absolute atomic E-state index is 0.0987. The number of hydrogen-bond acceptors (Lipinski definition) is 5. The Hall–Kier alpha value is -2.00. The van der Waals surface area contributed by atoms with E-state index in [9.17, 15) is 9.90 Å². The number of hydrogen-bond donors (Lipinski definition) is 1. The smallest absolute Gasteiger partial charge is 0.235 e. The largest absolute Gasteiger partial charge is 0.508 e. The van der Waals surface area contributed by atoms with Gasteiger partial charge in [0.05, 0.1) is 0 Å². The molecule has 1 aromatic rings. The average Bonchev–Trinajstić information content (AvgIpc) is 2.33. The molecule has 0 radical (unpaired) electrons. The second-order valence-corrected chi connectivity index (χ2v) is 4.61. The summed E-state index contributed by atoms with van der Waals surface area (Å²) >= 11 is 0. The van der Waals surface area contributed by atoms with E-state index < -0.39 is 5.54 Å². The first kappa shape index (κ1) is 11.1. The van der Waals surface area contributed by atoms with Crippen LogP contribution in [0.15, 0.2) is 17.1 Å². The van der Waals surface area contributed by atoms with Gasteiger partial charge in [-0.25, -0.2) is 4.79 Å². The average molecular weight is 247 g/mol. The lowest BCUT2D eigenvalue weighted by Crippen LogP contribution is -2.33. The number of aromatic hydroxyl groups is 1. The highest BCUT2D eigenvalue weighted by molar-refractivity contribution is 5.56. The number of phenols is 1. The third-order valence-corrected chi connectivity index (χ3v) is 3.57. The third kappa shape index (κ3) is 1.56. The molecule has 18 heavy (non-hydrogen) atoms. The van der Waals surface area contributed by atoms with E-state index in [0.29, 0.717) is 24.7 Å². The van der Waals surface area contributed by atoms with Crippen molar-refractivity contribution in [3.63, 3.8) is 0 Å². The normalized spacial score (nSPS) is 19.6. The van der Waals surface area contributed by atoms with Crippen molar-refractivity contribution in [2.45, 2.75) is 24.8 Å². The summed E-state index contributed by atoms with van der Waals surface area (Å²) in [5, 5.41) is 9.74. The molecule has 1 N–H and O–H groups in total. The molecule has 3 rings (SSSR count). The van der Waals surface area contributed by atoms with Gasteiger partial charge in [0.15, 0.2) is 11.5 Å². The molecule has 94 valence electrons. The summed E-state index contributed by atoms with van der Waals surface area (Å²) in [6.45, 7) is 0.922. The summed E-state index contributed by atoms with van der Waals surface area (Å²) in [4.78, 5) is 14.5. The van der Waals surface area contributed by atoms with Crippen LogP contribution in [0.25, 0.3) is 0 Å². The predicted octanol–water partition coefficient (Wildman–Crippen LogP) is 1.88. The fraction of sp³-hybridized carbons (Fsp3) is 0.462. The number of ether oxygens (including phenoxy) is 2. The van der Waals surface area contributed by atoms with Crippen LogP contribution < -0.4 is 9.47 Å². The third-order valence-electron chi connectivity index (χ3n) is 3.57. The number of carbonyl (C=O) groups excluding carboxylic acids is 1. The summed E-state index contributed by atoms with van der Waals surface area (Å²) in [5.74, 6) is 1.21. The minimum Gasteiger partial charge on any atom is -0.508 e. The van der Waals surface area contributed by atoms with Crippen LogP contribution in [0.1, 0.15) is 24.8 Å². The molecule has 0 unspecified atom stereocenters. The molecule has 0 saturated heterocycles. The Bertz CT molecular complexity index is 530. The highest BCUT2D eigenvalue weighted by Gasteiger charge is 2.42. The van der Waals surface area contributed by atoms with Gasteiger partial charge in [-0.15, -0.1) is 0 Å². The molecule has 0 amide bonds. The zero-order valence-electron chi connectivity index (χ0n) is 9.81. The van der Waals surface area contributed by atoms with Crippen molar-refractivity contribution in [1.29, 1.82) is 0 Å². The maximum Gasteiger partial charge on any atom is 0.235 e. The number of fused-ring (bicyclic) bond motifs is 1. The van der Waals surface area contributed by atoms with Crippen LogP contribution >= 0.6 is 0 Å². The van der Waals surface area contributed by atoms with Crippen LogP contribution in [0.4, 0.5) is 0 Å². The molecular formula is C13H13NO4. The number of nitrogens with zero attached hydrogens (tertiary/aromatic N) is 1. The van der Waals surface area contributed by atoms with E-state index in [4.69, 9.17) is 9.47 Å². The predicted molar refractivity (Wildman–Crippen MR) is 62.7 cm³/mol. The number of aliphatic imine (C=N–C) groups is 1. The summed E-state index contributed by atoms with van der Waals surface area (Å²) in [7, 11) is 0. The maximum absolute atomic E-state index is 10.6. The van der Waals surface area contributed by atoms with Crippen LogP contribution in [-0.2, 0) is 10.3 Å². The van der Waals surface area contributed by atoms with Crippen LogP contribution in [0.3, 0.4) is 0 Å². The Morgan fingerprint density at radius 3 is 2.72 bits per heavy atom. The van der Waals surface area contributed by atoms with Gasteiger partial charge in [0.2, 0.25) is 6.08 Å². The topological polar surface area (TPSA) is 68.1 Å². The van der Waals surface area contributed by atoms with E-state index in [0.717, 1.165) is 24.8 Å². The van der Waals surface area contributed by atoms with Gasteiger partial charge in [0.25, 0.3) is 0 Å². The zero-order chi connectivity index (χ0) is 12.6. The van der Waals surface area contributed by atoms with Crippen molar-refractivity contribution in [2.24, 2.45) is 4.99 Å². The van der Waals surface area contributed by atoms with Gasteiger partial charge < -0.3 is 14.6 Å². The van der Waals surface area contributed by atoms with Crippen LogP contribution in [-0.4, -0.2) is 24.4 Å². The molecule has 1 aromatic carbocycles. The minimum atomic E-state index is -0.592. The fourth-order valence-electron chi connectivity index (χ4n) is 2.53. The van der Waals surface area contributed by atoms with Gasteiger partial charge in [-0.2, -0.15) is 4.99 Å². The second kappa shape index (κ2) is 4.03. The van der Waals surface area contributed by atoms with E-state index in [1.165, 1.54) is 6.07 Å². The molecule has 0 bridgehead atoms. The number of rotatable bonds is 2. The first-order valence-electron chi connectivity index (χ1n) is 5.97. The molecule has 1 saturated carbocycles. The van der Waals surface area contributed by atoms with Crippen molar-refractivity contribution in [1.82, 2.24) is 0 Å². The second-order valence-electron chi connectivity index (χ2n) is 4.61. The van der Waals surface area contributed by atoms with E-state index >= 15 is 0 Å². The molecule has 1 aliphatic carbocycles. The lowest BCUT2D eigenvalue weighted by atomic mass is 9.72. The Balaban J connectivity index is 2.16. The van der Waals surface area contributed by atoms with E-state index in [-0.39, 0.29) is 5.75 Å². The highest BCUT2D eigenvalue weighted by Crippen LogP contribution is 2.52. The lowest BCUT2D eigenvalue weighted by Gasteiger charge is -2.38. The molecule has 1 fully saturated rings. The van der Waals surface area contributed by atoms with Gasteiger partial charge in [-0.3, -0.25) is 0 Å². The van der Waals surface area contributed by atoms with Gasteiger partial charge in [-0.1, -0.05) is 0 Å². The van der Waals surface area contributed by atoms with Crippen LogP contribution in [0.5, 0.6) is 17.2 Å². The van der Waals surface area contributed by atoms with Crippen LogP contribution in [0.2, 0.25) is 0 Å². The Morgan fingerprint density at radius 2 is 2.06 bits per heavy atom. The summed E-state index contributed by atoms with van der Waals surface area (Å²) in [6.07, 6.45) is 4.16. The SMILES string of the molecule is O=C=NC1(c2cc(O)cc3c2OCCO3)CCC1. The molecule has 5 heteroatoms. The first-order valence-corrected chi connectivity index (χ1v) is 5.97. The molecule has 1 heterocycles. The first-order chi connectivity index (χ1) is 8.75. The molecule has 0 aromatic heterocycles. The van der Waals surface area contributed by atoms with Gasteiger partial charge in [-0.05, 0) is 25.3 Å². The highest BCUT2D eigenvalue weighted by atomic mass is 16.6. The molecular weight excluding hydrogens is 234 g/mol. The monoisotopic (exact) mass is 247 g/mol. The molecule has 0 spiro atoms. The summed E-state index contributed by atoms with van der Waals surface area (Å²) in [5.41, 5.74) is 0.137. The molecule has 0 atom stereocenters. The van der Waals surface area contributed by atoms with Gasteiger partial charge >= 0.3 is 0 Å². The zero-order valence-corrected chi connectivity index (χ0v) is 9.81. The number of benzene rings is 1. The van der Waals surface area contributed by atoms with E-state index in [1.54, 1.807) is 12.1 Å². The molecule has 1 aliphatic heterocycles. The van der Waals surface area contributed by atoms with Crippen molar-refractivity contribution >= 4 is 6.08 Å². The summed E-state index contributed by atoms with van der Waals surface area (Å²) < 4.78 is 11.1. The van der Waals surface area contributed by atoms with Crippen LogP contribution in [0, 0.1) is 0 Å². The number of phenolic OH excluding ortho intramolecular Hbond substituents is 1. The van der Waals surface area contributed by atoms with Crippen molar-refractivity contribution in [2.75, 3.05) is 13.2 Å². The van der Waals surface area contributed by atoms with Gasteiger partial charge in [0, 0.05) is 11.6 Å². The Labute approximate surface area is 104 Å². The van der Waals surface area contributed by atoms with Crippen molar-refractivity contribution in [3.05, 3.63) is 17.7 Å². The lowest BCUT2D eigenvalue weighted by molar-refractivity contribution is 0.159. The standard InChI is InChI=1S/C13H13NO4/c15-8-14-13(2-1-3-13)10-6-9(16)7-11-12(10)18-5-4-17-11/h6-7,16H,1-5H2. The Morgan fingerprint density at radius 1 is 1.28 bits per heavy atom. The van der Waals surface area contributed by atoms with Gasteiger partial charge in [0.1, 0.15) is 24.5 Å².